The zero-order chi connectivity index (χ0) is 25.8. The molecule has 35 heavy (non-hydrogen) atoms. The molecular weight excluding hydrogens is 470 g/mol. The van der Waals surface area contributed by atoms with Gasteiger partial charge in [-0.05, 0) is 57.0 Å². The lowest BCUT2D eigenvalue weighted by molar-refractivity contribution is -0.152. The van der Waals surface area contributed by atoms with Crippen LogP contribution in [0, 0.1) is 13.8 Å². The van der Waals surface area contributed by atoms with Crippen molar-refractivity contribution in [1.29, 1.82) is 0 Å². The molecule has 0 saturated carbocycles. The number of nitrogens with zero attached hydrogens (tertiary/aromatic N) is 2. The standard InChI is InChI=1S/C26H30ClN3O5/c1-16-11-18(12-20(27)23(16)35-26(3,4)25(32)33)13-30(15-22(31)28-5)14-21-17(2)34-24(29-21)19-9-7-6-8-10-19/h6-12H,13-15H2,1-5H3,(H,28,31)(H,32,33). The van der Waals surface area contributed by atoms with E-state index in [0.717, 1.165) is 16.8 Å². The van der Waals surface area contributed by atoms with Crippen LogP contribution < -0.4 is 10.1 Å². The molecule has 0 fully saturated rings. The lowest BCUT2D eigenvalue weighted by Gasteiger charge is -2.25. The van der Waals surface area contributed by atoms with E-state index in [4.69, 9.17) is 20.8 Å². The largest absolute Gasteiger partial charge is 0.478 e. The van der Waals surface area contributed by atoms with Gasteiger partial charge in [-0.25, -0.2) is 9.78 Å². The summed E-state index contributed by atoms with van der Waals surface area (Å²) >= 11 is 6.48. The number of halogens is 1. The Morgan fingerprint density at radius 1 is 1.17 bits per heavy atom. The van der Waals surface area contributed by atoms with Crippen LogP contribution in [0.4, 0.5) is 0 Å². The highest BCUT2D eigenvalue weighted by Gasteiger charge is 2.31. The Bertz CT molecular complexity index is 1180. The summed E-state index contributed by atoms with van der Waals surface area (Å²) in [6, 6.07) is 13.2. The first-order chi connectivity index (χ1) is 16.5. The Hall–Kier alpha value is -3.36. The van der Waals surface area contributed by atoms with E-state index < -0.39 is 11.6 Å². The topological polar surface area (TPSA) is 105 Å². The Morgan fingerprint density at radius 3 is 2.46 bits per heavy atom. The fraction of sp³-hybridized carbons (Fsp3) is 0.346. The normalized spacial score (nSPS) is 11.5. The molecular formula is C26H30ClN3O5. The second-order valence-electron chi connectivity index (χ2n) is 8.85. The quantitative estimate of drug-likeness (QED) is 0.420. The molecule has 8 nitrogen and oxygen atoms in total. The number of nitrogens with one attached hydrogen (secondary N) is 1. The molecule has 3 rings (SSSR count). The van der Waals surface area contributed by atoms with Crippen LogP contribution in [-0.4, -0.2) is 46.1 Å². The van der Waals surface area contributed by atoms with Crippen molar-refractivity contribution in [1.82, 2.24) is 15.2 Å². The first kappa shape index (κ1) is 26.2. The summed E-state index contributed by atoms with van der Waals surface area (Å²) < 4.78 is 11.6. The molecule has 0 aliphatic carbocycles. The number of benzene rings is 2. The minimum atomic E-state index is -1.43. The van der Waals surface area contributed by atoms with Crippen LogP contribution >= 0.6 is 11.6 Å². The first-order valence-corrected chi connectivity index (χ1v) is 11.5. The Labute approximate surface area is 209 Å². The molecule has 0 atom stereocenters. The summed E-state index contributed by atoms with van der Waals surface area (Å²) in [4.78, 5) is 30.3. The number of carboxylic acids is 1. The van der Waals surface area contributed by atoms with E-state index in [0.29, 0.717) is 41.1 Å². The van der Waals surface area contributed by atoms with Gasteiger partial charge in [-0.15, -0.1) is 0 Å². The number of aliphatic carboxylic acids is 1. The van der Waals surface area contributed by atoms with Crippen molar-refractivity contribution in [3.63, 3.8) is 0 Å². The second-order valence-corrected chi connectivity index (χ2v) is 9.25. The number of hydrogen-bond acceptors (Lipinski definition) is 6. The SMILES string of the molecule is CNC(=O)CN(Cc1cc(C)c(OC(C)(C)C(=O)O)c(Cl)c1)Cc1nc(-c2ccccc2)oc1C. The van der Waals surface area contributed by atoms with Crippen LogP contribution in [0.2, 0.25) is 5.02 Å². The molecule has 1 heterocycles. The highest BCUT2D eigenvalue weighted by Crippen LogP contribution is 2.33. The third-order valence-corrected chi connectivity index (χ3v) is 5.78. The minimum Gasteiger partial charge on any atom is -0.478 e. The third-order valence-electron chi connectivity index (χ3n) is 5.50. The van der Waals surface area contributed by atoms with Gasteiger partial charge in [0, 0.05) is 25.7 Å². The minimum absolute atomic E-state index is 0.139. The van der Waals surface area contributed by atoms with Crippen LogP contribution in [0.15, 0.2) is 46.9 Å². The molecule has 1 aromatic heterocycles. The molecule has 0 unspecified atom stereocenters. The lowest BCUT2D eigenvalue weighted by Crippen LogP contribution is -2.38. The molecule has 0 radical (unpaired) electrons. The van der Waals surface area contributed by atoms with Crippen molar-refractivity contribution in [2.75, 3.05) is 13.6 Å². The van der Waals surface area contributed by atoms with E-state index >= 15 is 0 Å². The number of aromatic nitrogens is 1. The number of oxazole rings is 1. The summed E-state index contributed by atoms with van der Waals surface area (Å²) in [6.45, 7) is 7.52. The van der Waals surface area contributed by atoms with Gasteiger partial charge >= 0.3 is 5.97 Å². The molecule has 1 amide bonds. The zero-order valence-corrected chi connectivity index (χ0v) is 21.3. The molecule has 0 bridgehead atoms. The molecule has 186 valence electrons. The van der Waals surface area contributed by atoms with Gasteiger partial charge in [0.15, 0.2) is 5.60 Å². The number of rotatable bonds is 10. The lowest BCUT2D eigenvalue weighted by atomic mass is 10.1. The van der Waals surface area contributed by atoms with E-state index in [2.05, 4.69) is 10.3 Å². The fourth-order valence-electron chi connectivity index (χ4n) is 3.52. The van der Waals surface area contributed by atoms with E-state index in [-0.39, 0.29) is 12.5 Å². The second kappa shape index (κ2) is 10.9. The predicted molar refractivity (Wildman–Crippen MR) is 133 cm³/mol. The Morgan fingerprint density at radius 2 is 1.86 bits per heavy atom. The van der Waals surface area contributed by atoms with E-state index in [9.17, 15) is 14.7 Å². The average molecular weight is 500 g/mol. The van der Waals surface area contributed by atoms with Crippen LogP contribution in [-0.2, 0) is 22.7 Å². The van der Waals surface area contributed by atoms with Gasteiger partial charge in [0.1, 0.15) is 11.5 Å². The van der Waals surface area contributed by atoms with Crippen LogP contribution in [0.5, 0.6) is 5.75 Å². The van der Waals surface area contributed by atoms with Gasteiger partial charge in [0.05, 0.1) is 17.3 Å². The molecule has 0 aliphatic heterocycles. The number of hydrogen-bond donors (Lipinski definition) is 2. The highest BCUT2D eigenvalue weighted by atomic mass is 35.5. The molecule has 9 heteroatoms. The summed E-state index contributed by atoms with van der Waals surface area (Å²) in [5.41, 5.74) is 1.73. The zero-order valence-electron chi connectivity index (χ0n) is 20.5. The summed E-state index contributed by atoms with van der Waals surface area (Å²) in [6.07, 6.45) is 0. The van der Waals surface area contributed by atoms with Crippen LogP contribution in [0.3, 0.4) is 0 Å². The monoisotopic (exact) mass is 499 g/mol. The predicted octanol–water partition coefficient (Wildman–Crippen LogP) is 4.60. The van der Waals surface area contributed by atoms with E-state index in [1.807, 2.05) is 48.2 Å². The van der Waals surface area contributed by atoms with Crippen molar-refractivity contribution in [2.24, 2.45) is 0 Å². The number of amides is 1. The molecule has 3 aromatic rings. The summed E-state index contributed by atoms with van der Waals surface area (Å²) in [5, 5.41) is 12.3. The van der Waals surface area contributed by atoms with Crippen molar-refractivity contribution in [2.45, 2.75) is 46.4 Å². The van der Waals surface area contributed by atoms with E-state index in [1.165, 1.54) is 13.8 Å². The maximum atomic E-state index is 12.2. The van der Waals surface area contributed by atoms with Crippen molar-refractivity contribution < 1.29 is 23.8 Å². The van der Waals surface area contributed by atoms with Crippen LogP contribution in [0.25, 0.3) is 11.5 Å². The van der Waals surface area contributed by atoms with Gasteiger partial charge in [-0.1, -0.05) is 35.9 Å². The first-order valence-electron chi connectivity index (χ1n) is 11.2. The van der Waals surface area contributed by atoms with Gasteiger partial charge < -0.3 is 19.6 Å². The van der Waals surface area contributed by atoms with E-state index in [1.54, 1.807) is 20.0 Å². The molecule has 0 aliphatic rings. The number of aryl methyl sites for hydroxylation is 2. The third kappa shape index (κ3) is 6.61. The fourth-order valence-corrected chi connectivity index (χ4v) is 3.85. The van der Waals surface area contributed by atoms with Crippen molar-refractivity contribution >= 4 is 23.5 Å². The number of carboxylic acid groups (broad SMARTS) is 1. The van der Waals surface area contributed by atoms with Gasteiger partial charge in [0.25, 0.3) is 0 Å². The number of carbonyl (C=O) groups excluding carboxylic acids is 1. The number of carbonyl (C=O) groups is 2. The van der Waals surface area contributed by atoms with Crippen molar-refractivity contribution in [3.05, 3.63) is 70.1 Å². The molecule has 2 aromatic carbocycles. The van der Waals surface area contributed by atoms with Gasteiger partial charge in [-0.2, -0.15) is 0 Å². The average Bonchev–Trinajstić information content (AvgIpc) is 3.16. The summed E-state index contributed by atoms with van der Waals surface area (Å²) in [7, 11) is 1.59. The van der Waals surface area contributed by atoms with Gasteiger partial charge in [0.2, 0.25) is 11.8 Å². The molecule has 0 saturated heterocycles. The maximum Gasteiger partial charge on any atom is 0.347 e. The highest BCUT2D eigenvalue weighted by molar-refractivity contribution is 6.32. The Kier molecular flexibility index (Phi) is 8.19. The smallest absolute Gasteiger partial charge is 0.347 e. The number of ether oxygens (including phenoxy) is 1. The Balaban J connectivity index is 1.85. The summed E-state index contributed by atoms with van der Waals surface area (Å²) in [5.74, 6) is 0.298. The molecule has 0 spiro atoms. The van der Waals surface area contributed by atoms with Crippen LogP contribution in [0.1, 0.15) is 36.4 Å². The van der Waals surface area contributed by atoms with Gasteiger partial charge in [-0.3, -0.25) is 9.69 Å². The van der Waals surface area contributed by atoms with Crippen molar-refractivity contribution in [3.8, 4) is 17.2 Å². The maximum absolute atomic E-state index is 12.2. The number of likely N-dealkylation sites (N-methyl/N-ethyl adjacent to an activating group) is 1. The molecule has 2 N–H and O–H groups in total.